The molecule has 0 radical (unpaired) electrons. The van der Waals surface area contributed by atoms with Crippen molar-refractivity contribution in [3.05, 3.63) is 77.8 Å². The van der Waals surface area contributed by atoms with Gasteiger partial charge in [0.2, 0.25) is 0 Å². The first-order chi connectivity index (χ1) is 12.7. The highest BCUT2D eigenvalue weighted by molar-refractivity contribution is 5.82. The Morgan fingerprint density at radius 2 is 2.00 bits per heavy atom. The van der Waals surface area contributed by atoms with Gasteiger partial charge in [0.1, 0.15) is 17.6 Å². The molecule has 1 aromatic heterocycles. The topological polar surface area (TPSA) is 72.5 Å². The molecule has 132 valence electrons. The van der Waals surface area contributed by atoms with Crippen LogP contribution in [-0.4, -0.2) is 19.2 Å². The molecule has 0 spiro atoms. The van der Waals surface area contributed by atoms with Gasteiger partial charge in [0.25, 0.3) is 0 Å². The second kappa shape index (κ2) is 7.75. The van der Waals surface area contributed by atoms with E-state index in [2.05, 4.69) is 10.8 Å². The molecule has 0 N–H and O–H groups in total. The van der Waals surface area contributed by atoms with Crippen LogP contribution >= 0.6 is 0 Å². The minimum Gasteiger partial charge on any atom is -0.484 e. The maximum atomic E-state index is 11.5. The van der Waals surface area contributed by atoms with Gasteiger partial charge in [0, 0.05) is 17.6 Å². The summed E-state index contributed by atoms with van der Waals surface area (Å²) in [7, 11) is 1.33. The van der Waals surface area contributed by atoms with Crippen LogP contribution in [0, 0.1) is 17.2 Å². The molecule has 1 aromatic carbocycles. The summed E-state index contributed by atoms with van der Waals surface area (Å²) in [6.07, 6.45) is 4.20. The smallest absolute Gasteiger partial charge is 0.330 e. The van der Waals surface area contributed by atoms with E-state index in [1.165, 1.54) is 13.2 Å². The summed E-state index contributed by atoms with van der Waals surface area (Å²) in [6.45, 7) is 1.97. The van der Waals surface area contributed by atoms with E-state index in [-0.39, 0.29) is 11.8 Å². The molecule has 1 aliphatic rings. The first-order valence-electron chi connectivity index (χ1n) is 8.31. The summed E-state index contributed by atoms with van der Waals surface area (Å²) in [6, 6.07) is 15.4. The van der Waals surface area contributed by atoms with Crippen molar-refractivity contribution in [1.82, 2.24) is 0 Å². The van der Waals surface area contributed by atoms with E-state index >= 15 is 0 Å². The highest BCUT2D eigenvalue weighted by atomic mass is 16.5. The van der Waals surface area contributed by atoms with Crippen LogP contribution in [0.3, 0.4) is 0 Å². The van der Waals surface area contributed by atoms with Gasteiger partial charge >= 0.3 is 5.97 Å². The van der Waals surface area contributed by atoms with E-state index in [0.29, 0.717) is 17.1 Å². The van der Waals surface area contributed by atoms with Gasteiger partial charge in [-0.3, -0.25) is 0 Å². The summed E-state index contributed by atoms with van der Waals surface area (Å²) >= 11 is 0. The Kier molecular flexibility index (Phi) is 5.23. The summed E-state index contributed by atoms with van der Waals surface area (Å²) in [5, 5.41) is 9.83. The monoisotopic (exact) mass is 349 g/mol. The van der Waals surface area contributed by atoms with E-state index < -0.39 is 12.1 Å². The average molecular weight is 349 g/mol. The van der Waals surface area contributed by atoms with Crippen molar-refractivity contribution in [2.45, 2.75) is 18.9 Å². The second-order valence-electron chi connectivity index (χ2n) is 6.04. The van der Waals surface area contributed by atoms with Crippen LogP contribution in [-0.2, 0) is 14.3 Å². The standard InChI is InChI=1S/C21H19NO4/c1-14-17(10-11-19(23)24-2)26-21(15-7-4-3-5-8-15)16(13-22)20(14)18-9-6-12-25-18/h3-12,14,17,20H,1-2H3/b11-10+. The van der Waals surface area contributed by atoms with E-state index in [1.54, 1.807) is 18.4 Å². The summed E-state index contributed by atoms with van der Waals surface area (Å²) in [5.41, 5.74) is 1.32. The average Bonchev–Trinajstić information content (AvgIpc) is 3.21. The third-order valence-corrected chi connectivity index (χ3v) is 4.48. The number of methoxy groups -OCH3 is 1. The van der Waals surface area contributed by atoms with Crippen LogP contribution in [0.25, 0.3) is 5.76 Å². The van der Waals surface area contributed by atoms with Gasteiger partial charge in [-0.25, -0.2) is 4.79 Å². The molecule has 0 saturated heterocycles. The third-order valence-electron chi connectivity index (χ3n) is 4.48. The molecule has 3 atom stereocenters. The summed E-state index contributed by atoms with van der Waals surface area (Å²) in [4.78, 5) is 11.5. The number of hydrogen-bond donors (Lipinski definition) is 0. The van der Waals surface area contributed by atoms with Crippen molar-refractivity contribution < 1.29 is 18.7 Å². The first-order valence-corrected chi connectivity index (χ1v) is 8.31. The molecule has 2 aromatic rings. The fourth-order valence-electron chi connectivity index (χ4n) is 3.16. The van der Waals surface area contributed by atoms with Crippen LogP contribution in [0.2, 0.25) is 0 Å². The number of ether oxygens (including phenoxy) is 2. The molecule has 5 nitrogen and oxygen atoms in total. The van der Waals surface area contributed by atoms with E-state index in [4.69, 9.17) is 9.15 Å². The van der Waals surface area contributed by atoms with Gasteiger partial charge in [-0.15, -0.1) is 0 Å². The summed E-state index contributed by atoms with van der Waals surface area (Å²) in [5.74, 6) is 0.372. The van der Waals surface area contributed by atoms with Crippen LogP contribution in [0.4, 0.5) is 0 Å². The molecule has 5 heteroatoms. The molecule has 3 unspecified atom stereocenters. The predicted molar refractivity (Wildman–Crippen MR) is 95.6 cm³/mol. The van der Waals surface area contributed by atoms with E-state index in [1.807, 2.05) is 43.3 Å². The number of benzene rings is 1. The fourth-order valence-corrected chi connectivity index (χ4v) is 3.16. The first kappa shape index (κ1) is 17.6. The maximum absolute atomic E-state index is 11.5. The Labute approximate surface area is 152 Å². The molecular formula is C21H19NO4. The van der Waals surface area contributed by atoms with Crippen molar-refractivity contribution in [2.24, 2.45) is 5.92 Å². The van der Waals surface area contributed by atoms with Gasteiger partial charge in [-0.1, -0.05) is 37.3 Å². The van der Waals surface area contributed by atoms with E-state index in [0.717, 1.165) is 5.56 Å². The van der Waals surface area contributed by atoms with Gasteiger partial charge in [-0.2, -0.15) is 5.26 Å². The van der Waals surface area contributed by atoms with Gasteiger partial charge in [0.05, 0.1) is 30.9 Å². The number of nitriles is 1. The summed E-state index contributed by atoms with van der Waals surface area (Å²) < 4.78 is 16.4. The van der Waals surface area contributed by atoms with Gasteiger partial charge in [-0.05, 0) is 18.2 Å². The minimum absolute atomic E-state index is 0.107. The van der Waals surface area contributed by atoms with E-state index in [9.17, 15) is 10.1 Å². The number of carbonyl (C=O) groups excluding carboxylic acids is 1. The fraction of sp³-hybridized carbons (Fsp3) is 0.238. The Morgan fingerprint density at radius 1 is 1.23 bits per heavy atom. The molecule has 3 rings (SSSR count). The lowest BCUT2D eigenvalue weighted by atomic mass is 9.78. The number of hydrogen-bond acceptors (Lipinski definition) is 5. The number of allylic oxidation sites excluding steroid dienone is 1. The number of rotatable bonds is 4. The second-order valence-corrected chi connectivity index (χ2v) is 6.04. The lowest BCUT2D eigenvalue weighted by Crippen LogP contribution is -2.31. The Hall–Kier alpha value is -3.26. The zero-order valence-electron chi connectivity index (χ0n) is 14.6. The molecule has 0 saturated carbocycles. The molecule has 2 heterocycles. The molecule has 26 heavy (non-hydrogen) atoms. The zero-order valence-corrected chi connectivity index (χ0v) is 14.6. The van der Waals surface area contributed by atoms with Crippen molar-refractivity contribution in [3.8, 4) is 6.07 Å². The van der Waals surface area contributed by atoms with Crippen LogP contribution in [0.15, 0.2) is 70.9 Å². The molecule has 0 fully saturated rings. The zero-order chi connectivity index (χ0) is 18.5. The van der Waals surface area contributed by atoms with Crippen molar-refractivity contribution in [3.63, 3.8) is 0 Å². The lowest BCUT2D eigenvalue weighted by Gasteiger charge is -2.35. The van der Waals surface area contributed by atoms with Crippen LogP contribution in [0.5, 0.6) is 0 Å². The third kappa shape index (κ3) is 3.40. The Balaban J connectivity index is 2.10. The predicted octanol–water partition coefficient (Wildman–Crippen LogP) is 4.06. The van der Waals surface area contributed by atoms with Crippen molar-refractivity contribution >= 4 is 11.7 Å². The SMILES string of the molecule is COC(=O)/C=C/C1OC(c2ccccc2)=C(C#N)C(c2ccco2)C1C. The van der Waals surface area contributed by atoms with Crippen LogP contribution < -0.4 is 0 Å². The Bertz CT molecular complexity index is 859. The largest absolute Gasteiger partial charge is 0.484 e. The molecular weight excluding hydrogens is 330 g/mol. The molecule has 0 aliphatic carbocycles. The van der Waals surface area contributed by atoms with Crippen molar-refractivity contribution in [1.29, 1.82) is 5.26 Å². The normalized spacial score (nSPS) is 22.7. The van der Waals surface area contributed by atoms with Gasteiger partial charge in [0.15, 0.2) is 0 Å². The maximum Gasteiger partial charge on any atom is 0.330 e. The highest BCUT2D eigenvalue weighted by Crippen LogP contribution is 2.44. The number of esters is 1. The molecule has 0 bridgehead atoms. The number of carbonyl (C=O) groups is 1. The number of nitrogens with zero attached hydrogens (tertiary/aromatic N) is 1. The van der Waals surface area contributed by atoms with Gasteiger partial charge < -0.3 is 13.9 Å². The quantitative estimate of drug-likeness (QED) is 0.615. The van der Waals surface area contributed by atoms with Crippen LogP contribution in [0.1, 0.15) is 24.2 Å². The Morgan fingerprint density at radius 3 is 2.62 bits per heavy atom. The lowest BCUT2D eigenvalue weighted by molar-refractivity contribution is -0.134. The minimum atomic E-state index is -0.452. The highest BCUT2D eigenvalue weighted by Gasteiger charge is 2.39. The number of furan rings is 1. The molecule has 0 amide bonds. The molecule has 1 aliphatic heterocycles. The van der Waals surface area contributed by atoms with Crippen molar-refractivity contribution in [2.75, 3.05) is 7.11 Å².